The molecule has 5 heteroatoms. The first-order valence-corrected chi connectivity index (χ1v) is 0.716. The molecule has 35 valence electrons. The summed E-state index contributed by atoms with van der Waals surface area (Å²) in [5.74, 6) is 0. The van der Waals surface area contributed by atoms with Gasteiger partial charge >= 0.3 is 25.0 Å². The van der Waals surface area contributed by atoms with Gasteiger partial charge < -0.3 is 12.3 Å². The van der Waals surface area contributed by atoms with Crippen LogP contribution in [0.25, 0.3) is 0 Å². The molecule has 3 nitrogen and oxygen atoms in total. The van der Waals surface area contributed by atoms with Gasteiger partial charge in [-0.25, -0.2) is 4.79 Å². The number of carboxylic acid groups (broad SMARTS) is 1. The molecule has 0 rings (SSSR count). The topological polar surface area (TPSA) is 63.3 Å². The van der Waals surface area contributed by atoms with E-state index < -0.39 is 6.09 Å². The standard InChI is InChI=1S/CH3NO2.Li.Rh.H/c2-1(3)4;;;/h2H2,(H,3,4);;;/q;+1;;-1. The zero-order valence-electron chi connectivity index (χ0n) is 4.27. The zero-order valence-corrected chi connectivity index (χ0v) is 4.90. The fourth-order valence-electron chi connectivity index (χ4n) is 0. The third-order valence-electron chi connectivity index (χ3n) is 0. The molecular weight excluding hydrogens is 168 g/mol. The van der Waals surface area contributed by atoms with Crippen molar-refractivity contribution >= 4 is 6.09 Å². The van der Waals surface area contributed by atoms with E-state index in [4.69, 9.17) is 9.90 Å². The Bertz CT molecular complexity index is 40.7. The van der Waals surface area contributed by atoms with Gasteiger partial charge in [-0.2, -0.15) is 0 Å². The fourth-order valence-corrected chi connectivity index (χ4v) is 0. The van der Waals surface area contributed by atoms with Crippen LogP contribution in [0.3, 0.4) is 0 Å². The number of hydrogen-bond acceptors (Lipinski definition) is 1. The van der Waals surface area contributed by atoms with Crippen LogP contribution < -0.4 is 24.6 Å². The Kier molecular flexibility index (Phi) is 24.3. The Morgan fingerprint density at radius 3 is 1.83 bits per heavy atom. The van der Waals surface area contributed by atoms with Gasteiger partial charge in [0.15, 0.2) is 0 Å². The third-order valence-corrected chi connectivity index (χ3v) is 0. The van der Waals surface area contributed by atoms with Crippen LogP contribution in [0.15, 0.2) is 0 Å². The summed E-state index contributed by atoms with van der Waals surface area (Å²) in [6.07, 6.45) is -1.33. The molecule has 0 saturated heterocycles. The van der Waals surface area contributed by atoms with E-state index in [1.54, 1.807) is 0 Å². The number of amides is 1. The Balaban J connectivity index is -0.0000000150. The van der Waals surface area contributed by atoms with Gasteiger partial charge in [0.05, 0.1) is 0 Å². The Morgan fingerprint density at radius 1 is 1.83 bits per heavy atom. The molecule has 0 spiro atoms. The molecule has 0 fully saturated rings. The van der Waals surface area contributed by atoms with Crippen molar-refractivity contribution in [2.24, 2.45) is 5.73 Å². The monoisotopic (exact) mass is 172 g/mol. The first kappa shape index (κ1) is 16.1. The number of primary amides is 1. The Morgan fingerprint density at radius 2 is 1.83 bits per heavy atom. The minimum atomic E-state index is -1.33. The van der Waals surface area contributed by atoms with Crippen molar-refractivity contribution in [3.05, 3.63) is 0 Å². The van der Waals surface area contributed by atoms with Crippen LogP contribution in [-0.4, -0.2) is 11.2 Å². The summed E-state index contributed by atoms with van der Waals surface area (Å²) in [5, 5.41) is 7.19. The molecule has 0 heterocycles. The van der Waals surface area contributed by atoms with Crippen LogP contribution in [0.2, 0.25) is 0 Å². The van der Waals surface area contributed by atoms with Crippen LogP contribution in [-0.2, 0) is 19.5 Å². The SMILES string of the molecule is NC(=O)O.[H-].[Li+].[Rh]. The molecule has 3 N–H and O–H groups in total. The second-order valence-electron chi connectivity index (χ2n) is 0.338. The molecule has 0 aromatic heterocycles. The number of rotatable bonds is 0. The predicted octanol–water partition coefficient (Wildman–Crippen LogP) is -3.26. The smallest absolute Gasteiger partial charge is 1.00 e. The van der Waals surface area contributed by atoms with E-state index in [2.05, 4.69) is 5.73 Å². The summed E-state index contributed by atoms with van der Waals surface area (Å²) < 4.78 is 0. The number of hydrogen-bond donors (Lipinski definition) is 2. The molecular formula is CH4LiNO2Rh. The Labute approximate surface area is 61.7 Å². The summed E-state index contributed by atoms with van der Waals surface area (Å²) >= 11 is 0. The van der Waals surface area contributed by atoms with Crippen molar-refractivity contribution in [3.63, 3.8) is 0 Å². The second kappa shape index (κ2) is 9.09. The van der Waals surface area contributed by atoms with Gasteiger partial charge in [-0.1, -0.05) is 0 Å². The minimum Gasteiger partial charge on any atom is -1.00 e. The predicted molar refractivity (Wildman–Crippen MR) is 13.3 cm³/mol. The molecule has 0 aliphatic heterocycles. The molecule has 6 heavy (non-hydrogen) atoms. The van der Waals surface area contributed by atoms with Crippen molar-refractivity contribution in [3.8, 4) is 0 Å². The summed E-state index contributed by atoms with van der Waals surface area (Å²) in [4.78, 5) is 8.78. The van der Waals surface area contributed by atoms with Crippen molar-refractivity contribution < 1.29 is 49.7 Å². The maximum absolute atomic E-state index is 8.78. The van der Waals surface area contributed by atoms with E-state index in [-0.39, 0.29) is 39.8 Å². The van der Waals surface area contributed by atoms with Crippen LogP contribution in [0.5, 0.6) is 0 Å². The maximum atomic E-state index is 8.78. The quantitative estimate of drug-likeness (QED) is 0.376. The molecule has 0 aliphatic carbocycles. The van der Waals surface area contributed by atoms with Gasteiger partial charge in [0.2, 0.25) is 0 Å². The van der Waals surface area contributed by atoms with E-state index in [0.29, 0.717) is 0 Å². The fraction of sp³-hybridized carbons (Fsp3) is 0. The first-order chi connectivity index (χ1) is 1.73. The van der Waals surface area contributed by atoms with E-state index >= 15 is 0 Å². The first-order valence-electron chi connectivity index (χ1n) is 0.716. The minimum absolute atomic E-state index is 0. The molecule has 0 aliphatic rings. The number of nitrogens with two attached hydrogens (primary N) is 1. The molecule has 0 bridgehead atoms. The average molecular weight is 172 g/mol. The summed E-state index contributed by atoms with van der Waals surface area (Å²) in [6.45, 7) is 0. The van der Waals surface area contributed by atoms with Crippen LogP contribution >= 0.6 is 0 Å². The summed E-state index contributed by atoms with van der Waals surface area (Å²) in [5.41, 5.74) is 4.03. The molecule has 1 amide bonds. The molecule has 1 radical (unpaired) electrons. The van der Waals surface area contributed by atoms with E-state index in [0.717, 1.165) is 0 Å². The maximum Gasteiger partial charge on any atom is 1.00 e. The summed E-state index contributed by atoms with van der Waals surface area (Å²) in [6, 6.07) is 0. The number of carbonyl (C=O) groups is 1. The van der Waals surface area contributed by atoms with Crippen LogP contribution in [0, 0.1) is 0 Å². The molecule has 0 unspecified atom stereocenters. The van der Waals surface area contributed by atoms with Crippen molar-refractivity contribution in [2.45, 2.75) is 0 Å². The van der Waals surface area contributed by atoms with E-state index in [9.17, 15) is 0 Å². The van der Waals surface area contributed by atoms with Crippen molar-refractivity contribution in [1.29, 1.82) is 0 Å². The van der Waals surface area contributed by atoms with Crippen LogP contribution in [0.4, 0.5) is 4.79 Å². The second-order valence-corrected chi connectivity index (χ2v) is 0.338. The van der Waals surface area contributed by atoms with Crippen molar-refractivity contribution in [1.82, 2.24) is 0 Å². The zero-order chi connectivity index (χ0) is 3.58. The van der Waals surface area contributed by atoms with Gasteiger partial charge in [0, 0.05) is 19.5 Å². The largest absolute Gasteiger partial charge is 1.00 e. The molecule has 0 aromatic rings. The summed E-state index contributed by atoms with van der Waals surface area (Å²) in [7, 11) is 0. The van der Waals surface area contributed by atoms with Gasteiger partial charge in [-0.15, -0.1) is 0 Å². The van der Waals surface area contributed by atoms with Gasteiger partial charge in [-0.05, 0) is 0 Å². The van der Waals surface area contributed by atoms with E-state index in [1.165, 1.54) is 0 Å². The molecule has 0 saturated carbocycles. The third kappa shape index (κ3) is 227. The van der Waals surface area contributed by atoms with Gasteiger partial charge in [0.25, 0.3) is 0 Å². The van der Waals surface area contributed by atoms with Gasteiger partial charge in [-0.3, -0.25) is 0 Å². The van der Waals surface area contributed by atoms with Crippen molar-refractivity contribution in [2.75, 3.05) is 0 Å². The van der Waals surface area contributed by atoms with Gasteiger partial charge in [0.1, 0.15) is 0 Å². The average Bonchev–Trinajstić information content (AvgIpc) is 0.811. The van der Waals surface area contributed by atoms with Crippen LogP contribution in [0.1, 0.15) is 1.43 Å². The normalized spacial score (nSPS) is 4.00. The molecule has 0 aromatic carbocycles. The van der Waals surface area contributed by atoms with E-state index in [1.807, 2.05) is 0 Å². The molecule has 0 atom stereocenters. The Hall–Kier alpha value is 0.491.